The molecule has 0 bridgehead atoms. The summed E-state index contributed by atoms with van der Waals surface area (Å²) in [5, 5.41) is 0. The van der Waals surface area contributed by atoms with E-state index in [9.17, 15) is 14.4 Å². The summed E-state index contributed by atoms with van der Waals surface area (Å²) >= 11 is 0. The Kier molecular flexibility index (Phi) is 50.1. The Morgan fingerprint density at radius 2 is 0.556 bits per heavy atom. The molecule has 0 aromatic rings. The molecule has 0 heterocycles. The van der Waals surface area contributed by atoms with E-state index in [1.165, 1.54) is 212 Å². The van der Waals surface area contributed by atoms with E-state index < -0.39 is 6.10 Å². The van der Waals surface area contributed by atoms with Crippen LogP contribution in [0.2, 0.25) is 0 Å². The van der Waals surface area contributed by atoms with Crippen LogP contribution in [0, 0.1) is 5.92 Å². The van der Waals surface area contributed by atoms with Gasteiger partial charge in [-0.25, -0.2) is 0 Å². The lowest BCUT2D eigenvalue weighted by Crippen LogP contribution is -2.30. The quantitative estimate of drug-likeness (QED) is 0.0344. The number of esters is 3. The van der Waals surface area contributed by atoms with Crippen molar-refractivity contribution in [3.63, 3.8) is 0 Å². The van der Waals surface area contributed by atoms with E-state index in [2.05, 4.69) is 27.7 Å². The normalized spacial score (nSPS) is 12.4. The topological polar surface area (TPSA) is 78.9 Å². The third kappa shape index (κ3) is 49.7. The maximum atomic E-state index is 12.8. The molecule has 374 valence electrons. The summed E-state index contributed by atoms with van der Waals surface area (Å²) in [6.45, 7) is 9.02. The molecule has 0 aliphatic carbocycles. The molecular formula is C57H110O6. The Morgan fingerprint density at radius 3 is 0.825 bits per heavy atom. The number of ether oxygens (including phenoxy) is 3. The van der Waals surface area contributed by atoms with Crippen LogP contribution in [0.4, 0.5) is 0 Å². The van der Waals surface area contributed by atoms with Gasteiger partial charge in [0.2, 0.25) is 0 Å². The molecule has 0 saturated heterocycles. The highest BCUT2D eigenvalue weighted by molar-refractivity contribution is 5.71. The Hall–Kier alpha value is -1.59. The number of carbonyl (C=O) groups excluding carboxylic acids is 3. The van der Waals surface area contributed by atoms with Crippen LogP contribution in [0.3, 0.4) is 0 Å². The van der Waals surface area contributed by atoms with Crippen molar-refractivity contribution in [3.8, 4) is 0 Å². The highest BCUT2D eigenvalue weighted by Gasteiger charge is 2.19. The van der Waals surface area contributed by atoms with Gasteiger partial charge in [0, 0.05) is 19.3 Å². The summed E-state index contributed by atoms with van der Waals surface area (Å²) in [6.07, 6.45) is 55.6. The zero-order valence-corrected chi connectivity index (χ0v) is 43.0. The maximum Gasteiger partial charge on any atom is 0.306 e. The van der Waals surface area contributed by atoms with Crippen molar-refractivity contribution in [3.05, 3.63) is 0 Å². The molecule has 0 aliphatic rings. The van der Waals surface area contributed by atoms with Gasteiger partial charge in [-0.3, -0.25) is 14.4 Å². The summed E-state index contributed by atoms with van der Waals surface area (Å²) < 4.78 is 16.7. The highest BCUT2D eigenvalue weighted by atomic mass is 16.6. The Balaban J connectivity index is 4.03. The first-order chi connectivity index (χ1) is 30.9. The first-order valence-electron chi connectivity index (χ1n) is 28.4. The molecule has 0 N–H and O–H groups in total. The molecular weight excluding hydrogens is 781 g/mol. The second-order valence-corrected chi connectivity index (χ2v) is 19.8. The van der Waals surface area contributed by atoms with Gasteiger partial charge in [0.15, 0.2) is 6.10 Å². The molecule has 0 saturated carbocycles. The second kappa shape index (κ2) is 51.4. The molecule has 0 aromatic heterocycles. The summed E-state index contributed by atoms with van der Waals surface area (Å²) in [5.41, 5.74) is 0. The molecule has 6 heteroatoms. The fourth-order valence-corrected chi connectivity index (χ4v) is 8.72. The van der Waals surface area contributed by atoms with Crippen molar-refractivity contribution in [1.29, 1.82) is 0 Å². The van der Waals surface area contributed by atoms with E-state index in [1.807, 2.05) is 0 Å². The van der Waals surface area contributed by atoms with E-state index in [-0.39, 0.29) is 31.1 Å². The van der Waals surface area contributed by atoms with E-state index in [4.69, 9.17) is 14.2 Å². The van der Waals surface area contributed by atoms with Crippen molar-refractivity contribution in [2.24, 2.45) is 5.92 Å². The molecule has 2 atom stereocenters. The summed E-state index contributed by atoms with van der Waals surface area (Å²) in [7, 11) is 0. The lowest BCUT2D eigenvalue weighted by molar-refractivity contribution is -0.167. The lowest BCUT2D eigenvalue weighted by atomic mass is 9.99. The van der Waals surface area contributed by atoms with Crippen LogP contribution in [0.5, 0.6) is 0 Å². The Bertz CT molecular complexity index is 951. The SMILES string of the molecule is CCCCCCCCCCCCCCCCCCCCC(=O)O[C@@H](COC(=O)CCCCCCC)COC(=O)CCCCCCCCCCCCCCCCCCCCC(C)CC. The molecule has 6 nitrogen and oxygen atoms in total. The number of carbonyl (C=O) groups is 3. The number of hydrogen-bond donors (Lipinski definition) is 0. The smallest absolute Gasteiger partial charge is 0.306 e. The minimum atomic E-state index is -0.759. The third-order valence-corrected chi connectivity index (χ3v) is 13.4. The van der Waals surface area contributed by atoms with E-state index in [0.29, 0.717) is 19.3 Å². The molecule has 0 spiro atoms. The van der Waals surface area contributed by atoms with Crippen molar-refractivity contribution < 1.29 is 28.6 Å². The van der Waals surface area contributed by atoms with Gasteiger partial charge >= 0.3 is 17.9 Å². The van der Waals surface area contributed by atoms with Gasteiger partial charge in [-0.15, -0.1) is 0 Å². The zero-order chi connectivity index (χ0) is 45.9. The highest BCUT2D eigenvalue weighted by Crippen LogP contribution is 2.18. The van der Waals surface area contributed by atoms with Crippen LogP contribution < -0.4 is 0 Å². The largest absolute Gasteiger partial charge is 0.462 e. The van der Waals surface area contributed by atoms with Crippen LogP contribution in [0.15, 0.2) is 0 Å². The van der Waals surface area contributed by atoms with Crippen molar-refractivity contribution >= 4 is 17.9 Å². The van der Waals surface area contributed by atoms with Crippen molar-refractivity contribution in [1.82, 2.24) is 0 Å². The maximum absolute atomic E-state index is 12.8. The lowest BCUT2D eigenvalue weighted by Gasteiger charge is -2.18. The van der Waals surface area contributed by atoms with E-state index >= 15 is 0 Å². The van der Waals surface area contributed by atoms with Crippen molar-refractivity contribution in [2.75, 3.05) is 13.2 Å². The fraction of sp³-hybridized carbons (Fsp3) is 0.947. The molecule has 0 aliphatic heterocycles. The van der Waals surface area contributed by atoms with Crippen LogP contribution in [0.1, 0.15) is 323 Å². The Labute approximate surface area is 393 Å². The van der Waals surface area contributed by atoms with Crippen LogP contribution in [0.25, 0.3) is 0 Å². The summed E-state index contributed by atoms with van der Waals surface area (Å²) in [5.74, 6) is 0.0564. The van der Waals surface area contributed by atoms with E-state index in [1.54, 1.807) is 0 Å². The first-order valence-corrected chi connectivity index (χ1v) is 28.4. The standard InChI is InChI=1S/C57H110O6/c1-5-8-10-12-13-14-15-16-17-18-22-26-29-32-35-38-42-46-50-57(60)63-54(51-61-55(58)48-44-39-11-9-6-2)52-62-56(59)49-45-41-37-34-31-28-25-23-20-19-21-24-27-30-33-36-40-43-47-53(4)7-3/h53-54H,5-52H2,1-4H3/t53?,54-/m0/s1. The molecule has 0 amide bonds. The van der Waals surface area contributed by atoms with Gasteiger partial charge in [0.1, 0.15) is 13.2 Å². The predicted molar refractivity (Wildman–Crippen MR) is 270 cm³/mol. The average molecular weight is 892 g/mol. The van der Waals surface area contributed by atoms with Gasteiger partial charge in [-0.05, 0) is 25.2 Å². The monoisotopic (exact) mass is 891 g/mol. The number of hydrogen-bond acceptors (Lipinski definition) is 6. The van der Waals surface area contributed by atoms with Gasteiger partial charge < -0.3 is 14.2 Å². The van der Waals surface area contributed by atoms with Crippen LogP contribution in [-0.2, 0) is 28.6 Å². The minimum Gasteiger partial charge on any atom is -0.462 e. The van der Waals surface area contributed by atoms with Crippen LogP contribution in [-0.4, -0.2) is 37.2 Å². The van der Waals surface area contributed by atoms with Gasteiger partial charge in [0.05, 0.1) is 0 Å². The molecule has 1 unspecified atom stereocenters. The van der Waals surface area contributed by atoms with Gasteiger partial charge in [-0.1, -0.05) is 285 Å². The van der Waals surface area contributed by atoms with Crippen molar-refractivity contribution in [2.45, 2.75) is 329 Å². The average Bonchev–Trinajstić information content (AvgIpc) is 3.28. The molecule has 63 heavy (non-hydrogen) atoms. The molecule has 0 aromatic carbocycles. The zero-order valence-electron chi connectivity index (χ0n) is 43.0. The Morgan fingerprint density at radius 1 is 0.317 bits per heavy atom. The molecule has 0 radical (unpaired) electrons. The number of rotatable bonds is 52. The van der Waals surface area contributed by atoms with Gasteiger partial charge in [-0.2, -0.15) is 0 Å². The minimum absolute atomic E-state index is 0.0633. The third-order valence-electron chi connectivity index (χ3n) is 13.4. The fourth-order valence-electron chi connectivity index (χ4n) is 8.72. The van der Waals surface area contributed by atoms with Crippen LogP contribution >= 0.6 is 0 Å². The van der Waals surface area contributed by atoms with Gasteiger partial charge in [0.25, 0.3) is 0 Å². The molecule has 0 fully saturated rings. The van der Waals surface area contributed by atoms with E-state index in [0.717, 1.165) is 70.1 Å². The summed E-state index contributed by atoms with van der Waals surface area (Å²) in [4.78, 5) is 37.8. The predicted octanol–water partition coefficient (Wildman–Crippen LogP) is 18.6. The molecule has 0 rings (SSSR count). The second-order valence-electron chi connectivity index (χ2n) is 19.8. The first kappa shape index (κ1) is 61.4. The summed E-state index contributed by atoms with van der Waals surface area (Å²) in [6, 6.07) is 0. The number of unbranched alkanes of at least 4 members (excludes halogenated alkanes) is 38.